The average molecular weight is 263 g/mol. The van der Waals surface area contributed by atoms with E-state index in [0.717, 1.165) is 12.1 Å². The van der Waals surface area contributed by atoms with Crippen molar-refractivity contribution in [3.63, 3.8) is 0 Å². The summed E-state index contributed by atoms with van der Waals surface area (Å²) in [6.45, 7) is -0.299. The highest BCUT2D eigenvalue weighted by molar-refractivity contribution is 5.37. The van der Waals surface area contributed by atoms with Gasteiger partial charge in [-0.3, -0.25) is 0 Å². The third kappa shape index (κ3) is 2.86. The number of hydrogen-bond acceptors (Lipinski definition) is 2. The smallest absolute Gasteiger partial charge is 0.191 e. The summed E-state index contributed by atoms with van der Waals surface area (Å²) in [6.07, 6.45) is 0. The lowest BCUT2D eigenvalue weighted by molar-refractivity contribution is 0.269. The molecule has 5 heteroatoms. The maximum absolute atomic E-state index is 13.5. The first kappa shape index (κ1) is 13.0. The van der Waals surface area contributed by atoms with Gasteiger partial charge in [0.2, 0.25) is 0 Å². The van der Waals surface area contributed by atoms with Crippen LogP contribution in [-0.2, 0) is 6.61 Å². The molecule has 0 saturated carbocycles. The van der Waals surface area contributed by atoms with E-state index in [-0.39, 0.29) is 17.7 Å². The third-order valence-corrected chi connectivity index (χ3v) is 2.46. The molecule has 0 spiro atoms. The van der Waals surface area contributed by atoms with Crippen LogP contribution in [0.4, 0.5) is 13.2 Å². The second kappa shape index (κ2) is 5.44. The Labute approximate surface area is 107 Å². The quantitative estimate of drug-likeness (QED) is 0.848. The lowest BCUT2D eigenvalue weighted by Gasteiger charge is -2.09. The molecule has 0 bridgehead atoms. The van der Waals surface area contributed by atoms with Gasteiger partial charge in [-0.25, -0.2) is 13.2 Å². The van der Waals surface area contributed by atoms with Gasteiger partial charge < -0.3 is 4.74 Å². The van der Waals surface area contributed by atoms with E-state index in [0.29, 0.717) is 0 Å². The highest BCUT2D eigenvalue weighted by atomic mass is 19.1. The first-order valence-electron chi connectivity index (χ1n) is 5.37. The number of benzene rings is 2. The predicted octanol–water partition coefficient (Wildman–Crippen LogP) is 3.55. The molecular weight excluding hydrogens is 255 g/mol. The predicted molar refractivity (Wildman–Crippen MR) is 61.8 cm³/mol. The fourth-order valence-electron chi connectivity index (χ4n) is 1.53. The van der Waals surface area contributed by atoms with Gasteiger partial charge in [0.1, 0.15) is 12.4 Å². The van der Waals surface area contributed by atoms with Gasteiger partial charge in [0, 0.05) is 5.56 Å². The van der Waals surface area contributed by atoms with Crippen molar-refractivity contribution in [2.75, 3.05) is 0 Å². The normalized spacial score (nSPS) is 10.0. The maximum Gasteiger partial charge on any atom is 0.191 e. The first-order valence-corrected chi connectivity index (χ1v) is 5.37. The maximum atomic E-state index is 13.5. The van der Waals surface area contributed by atoms with Crippen molar-refractivity contribution in [1.29, 1.82) is 5.26 Å². The molecule has 2 aromatic rings. The fourth-order valence-corrected chi connectivity index (χ4v) is 1.53. The Balaban J connectivity index is 2.21. The van der Waals surface area contributed by atoms with Crippen LogP contribution in [0, 0.1) is 28.8 Å². The Morgan fingerprint density at radius 2 is 1.63 bits per heavy atom. The van der Waals surface area contributed by atoms with Gasteiger partial charge in [-0.1, -0.05) is 18.2 Å². The van der Waals surface area contributed by atoms with E-state index in [9.17, 15) is 13.2 Å². The van der Waals surface area contributed by atoms with Crippen molar-refractivity contribution in [2.45, 2.75) is 6.61 Å². The minimum atomic E-state index is -0.993. The lowest BCUT2D eigenvalue weighted by Crippen LogP contribution is -2.02. The number of halogens is 3. The molecule has 2 rings (SSSR count). The molecule has 0 atom stereocenters. The van der Waals surface area contributed by atoms with Crippen molar-refractivity contribution in [3.05, 3.63) is 65.0 Å². The van der Waals surface area contributed by atoms with E-state index < -0.39 is 23.2 Å². The number of hydrogen-bond donors (Lipinski definition) is 0. The van der Waals surface area contributed by atoms with Gasteiger partial charge in [0.15, 0.2) is 17.4 Å². The van der Waals surface area contributed by atoms with E-state index in [4.69, 9.17) is 10.00 Å². The zero-order valence-corrected chi connectivity index (χ0v) is 9.66. The SMILES string of the molecule is N#Cc1cc(F)c(OCc2ccccc2F)c(F)c1. The molecule has 0 unspecified atom stereocenters. The molecule has 0 saturated heterocycles. The summed E-state index contributed by atoms with van der Waals surface area (Å²) >= 11 is 0. The van der Waals surface area contributed by atoms with Crippen molar-refractivity contribution in [1.82, 2.24) is 0 Å². The summed E-state index contributed by atoms with van der Waals surface area (Å²) in [7, 11) is 0. The van der Waals surface area contributed by atoms with E-state index in [1.165, 1.54) is 18.2 Å². The molecule has 96 valence electrons. The van der Waals surface area contributed by atoms with Crippen molar-refractivity contribution >= 4 is 0 Å². The lowest BCUT2D eigenvalue weighted by atomic mass is 10.2. The molecule has 0 aliphatic heterocycles. The van der Waals surface area contributed by atoms with Crippen LogP contribution in [0.15, 0.2) is 36.4 Å². The van der Waals surface area contributed by atoms with E-state index in [1.54, 1.807) is 12.1 Å². The second-order valence-corrected chi connectivity index (χ2v) is 3.76. The van der Waals surface area contributed by atoms with Crippen LogP contribution in [-0.4, -0.2) is 0 Å². The van der Waals surface area contributed by atoms with Crippen LogP contribution >= 0.6 is 0 Å². The largest absolute Gasteiger partial charge is 0.483 e. The molecular formula is C14H8F3NO. The van der Waals surface area contributed by atoms with Crippen LogP contribution < -0.4 is 4.74 Å². The topological polar surface area (TPSA) is 33.0 Å². The van der Waals surface area contributed by atoms with Crippen LogP contribution in [0.5, 0.6) is 5.75 Å². The minimum Gasteiger partial charge on any atom is -0.483 e. The summed E-state index contributed by atoms with van der Waals surface area (Å²) in [6, 6.07) is 9.12. The molecule has 0 heterocycles. The molecule has 19 heavy (non-hydrogen) atoms. The third-order valence-electron chi connectivity index (χ3n) is 2.46. The van der Waals surface area contributed by atoms with E-state index >= 15 is 0 Å². The Hall–Kier alpha value is -2.48. The summed E-state index contributed by atoms with van der Waals surface area (Å²) in [5, 5.41) is 8.55. The summed E-state index contributed by atoms with van der Waals surface area (Å²) < 4.78 is 45.2. The van der Waals surface area contributed by atoms with E-state index in [2.05, 4.69) is 0 Å². The molecule has 2 aromatic carbocycles. The van der Waals surface area contributed by atoms with Gasteiger partial charge in [-0.15, -0.1) is 0 Å². The minimum absolute atomic E-state index is 0.145. The molecule has 0 aliphatic rings. The molecule has 0 fully saturated rings. The fraction of sp³-hybridized carbons (Fsp3) is 0.0714. The van der Waals surface area contributed by atoms with Crippen molar-refractivity contribution in [3.8, 4) is 11.8 Å². The van der Waals surface area contributed by atoms with Crippen LogP contribution in [0.3, 0.4) is 0 Å². The monoisotopic (exact) mass is 263 g/mol. The number of nitriles is 1. The zero-order valence-electron chi connectivity index (χ0n) is 9.66. The Kier molecular flexibility index (Phi) is 3.71. The molecule has 0 aromatic heterocycles. The van der Waals surface area contributed by atoms with Crippen LogP contribution in [0.25, 0.3) is 0 Å². The van der Waals surface area contributed by atoms with Crippen LogP contribution in [0.2, 0.25) is 0 Å². The molecule has 0 amide bonds. The average Bonchev–Trinajstić information content (AvgIpc) is 2.39. The van der Waals surface area contributed by atoms with Crippen LogP contribution in [0.1, 0.15) is 11.1 Å². The number of ether oxygens (including phenoxy) is 1. The van der Waals surface area contributed by atoms with Gasteiger partial charge in [0.25, 0.3) is 0 Å². The van der Waals surface area contributed by atoms with Gasteiger partial charge in [-0.2, -0.15) is 5.26 Å². The molecule has 2 nitrogen and oxygen atoms in total. The molecule has 0 N–H and O–H groups in total. The number of rotatable bonds is 3. The molecule has 0 radical (unpaired) electrons. The Morgan fingerprint density at radius 3 is 2.21 bits per heavy atom. The second-order valence-electron chi connectivity index (χ2n) is 3.76. The van der Waals surface area contributed by atoms with Gasteiger partial charge in [-0.05, 0) is 18.2 Å². The summed E-state index contributed by atoms with van der Waals surface area (Å²) in [5.41, 5.74) is 0.0406. The Bertz CT molecular complexity index is 626. The number of nitrogens with zero attached hydrogens (tertiary/aromatic N) is 1. The highest BCUT2D eigenvalue weighted by Gasteiger charge is 2.13. The zero-order chi connectivity index (χ0) is 13.8. The van der Waals surface area contributed by atoms with E-state index in [1.807, 2.05) is 0 Å². The molecule has 0 aliphatic carbocycles. The van der Waals surface area contributed by atoms with Crippen molar-refractivity contribution < 1.29 is 17.9 Å². The standard InChI is InChI=1S/C14H8F3NO/c15-11-4-2-1-3-10(11)8-19-14-12(16)5-9(7-18)6-13(14)17/h1-6H,8H2. The van der Waals surface area contributed by atoms with Gasteiger partial charge in [0.05, 0.1) is 11.6 Å². The summed E-state index contributed by atoms with van der Waals surface area (Å²) in [5.74, 6) is -3.13. The van der Waals surface area contributed by atoms with Gasteiger partial charge >= 0.3 is 0 Å². The Morgan fingerprint density at radius 1 is 1.00 bits per heavy atom. The van der Waals surface area contributed by atoms with Crippen molar-refractivity contribution in [2.24, 2.45) is 0 Å². The summed E-state index contributed by atoms with van der Waals surface area (Å²) in [4.78, 5) is 0. The first-order chi connectivity index (χ1) is 9.11. The highest BCUT2D eigenvalue weighted by Crippen LogP contribution is 2.24.